The van der Waals surface area contributed by atoms with E-state index < -0.39 is 0 Å². The van der Waals surface area contributed by atoms with Crippen LogP contribution in [0, 0.1) is 11.8 Å². The maximum Gasteiger partial charge on any atom is 0.0621 e. The number of nitrogens with one attached hydrogen (secondary N) is 1. The molecular formula is C14H21ClN2. The number of hydrogen-bond acceptors (Lipinski definition) is 2. The molecule has 0 saturated heterocycles. The van der Waals surface area contributed by atoms with Crippen molar-refractivity contribution in [3.05, 3.63) is 29.0 Å². The number of nitrogens with zero attached hydrogens (tertiary/aromatic N) is 1. The Balaban J connectivity index is 1.81. The van der Waals surface area contributed by atoms with Gasteiger partial charge in [-0.2, -0.15) is 0 Å². The molecule has 2 rings (SSSR count). The maximum atomic E-state index is 6.15. The second-order valence-corrected chi connectivity index (χ2v) is 5.38. The molecule has 94 valence electrons. The van der Waals surface area contributed by atoms with Crippen LogP contribution in [0.2, 0.25) is 5.02 Å². The highest BCUT2D eigenvalue weighted by atomic mass is 35.5. The lowest BCUT2D eigenvalue weighted by Gasteiger charge is -2.37. The molecule has 2 nitrogen and oxygen atoms in total. The predicted octanol–water partition coefficient (Wildman–Crippen LogP) is 3.30. The van der Waals surface area contributed by atoms with Crippen LogP contribution in [0.3, 0.4) is 0 Å². The molecule has 0 amide bonds. The Kier molecular flexibility index (Phi) is 4.81. The number of rotatable bonds is 6. The minimum Gasteiger partial charge on any atom is -0.316 e. The second kappa shape index (κ2) is 6.36. The van der Waals surface area contributed by atoms with Crippen LogP contribution in [0.15, 0.2) is 18.5 Å². The fourth-order valence-electron chi connectivity index (χ4n) is 2.49. The fraction of sp³-hybridized carbons (Fsp3) is 0.643. The smallest absolute Gasteiger partial charge is 0.0621 e. The molecule has 0 radical (unpaired) electrons. The average molecular weight is 253 g/mol. The molecule has 0 aliphatic heterocycles. The molecular weight excluding hydrogens is 232 g/mol. The van der Waals surface area contributed by atoms with E-state index in [2.05, 4.69) is 23.3 Å². The zero-order valence-electron chi connectivity index (χ0n) is 10.5. The van der Waals surface area contributed by atoms with Crippen molar-refractivity contribution in [3.8, 4) is 0 Å². The number of hydrogen-bond donors (Lipinski definition) is 1. The Labute approximate surface area is 109 Å². The monoisotopic (exact) mass is 252 g/mol. The molecule has 0 spiro atoms. The lowest BCUT2D eigenvalue weighted by Crippen LogP contribution is -2.36. The average Bonchev–Trinajstić information content (AvgIpc) is 2.32. The van der Waals surface area contributed by atoms with Crippen LogP contribution in [-0.4, -0.2) is 18.1 Å². The summed E-state index contributed by atoms with van der Waals surface area (Å²) in [6.07, 6.45) is 8.62. The minimum atomic E-state index is 0.805. The summed E-state index contributed by atoms with van der Waals surface area (Å²) in [6.45, 7) is 4.52. The standard InChI is InChI=1S/C14H21ClN2/c1-2-6-16-9-13-4-3-11(13)8-12-5-7-17-10-14(12)15/h5,7,10-11,13,16H,2-4,6,8-9H2,1H3. The molecule has 1 saturated carbocycles. The van der Waals surface area contributed by atoms with Crippen molar-refractivity contribution in [2.75, 3.05) is 13.1 Å². The Hall–Kier alpha value is -0.600. The Bertz CT molecular complexity index is 354. The summed E-state index contributed by atoms with van der Waals surface area (Å²) in [6, 6.07) is 2.05. The van der Waals surface area contributed by atoms with E-state index in [9.17, 15) is 0 Å². The first-order chi connectivity index (χ1) is 8.31. The van der Waals surface area contributed by atoms with Crippen molar-refractivity contribution in [1.82, 2.24) is 10.3 Å². The van der Waals surface area contributed by atoms with Gasteiger partial charge in [-0.25, -0.2) is 0 Å². The van der Waals surface area contributed by atoms with Gasteiger partial charge in [0.15, 0.2) is 0 Å². The topological polar surface area (TPSA) is 24.9 Å². The van der Waals surface area contributed by atoms with Crippen molar-refractivity contribution in [3.63, 3.8) is 0 Å². The van der Waals surface area contributed by atoms with Crippen molar-refractivity contribution in [2.45, 2.75) is 32.6 Å². The molecule has 1 aliphatic rings. The summed E-state index contributed by atoms with van der Waals surface area (Å²) in [5.41, 5.74) is 1.26. The Morgan fingerprint density at radius 3 is 2.88 bits per heavy atom. The van der Waals surface area contributed by atoms with Crippen LogP contribution in [-0.2, 0) is 6.42 Å². The van der Waals surface area contributed by atoms with Crippen molar-refractivity contribution in [2.24, 2.45) is 11.8 Å². The van der Waals surface area contributed by atoms with Gasteiger partial charge in [-0.3, -0.25) is 4.98 Å². The molecule has 1 aliphatic carbocycles. The van der Waals surface area contributed by atoms with Crippen LogP contribution < -0.4 is 5.32 Å². The third-order valence-corrected chi connectivity index (χ3v) is 4.09. The first-order valence-electron chi connectivity index (χ1n) is 6.60. The lowest BCUT2D eigenvalue weighted by atomic mass is 9.71. The highest BCUT2D eigenvalue weighted by molar-refractivity contribution is 6.31. The number of aromatic nitrogens is 1. The van der Waals surface area contributed by atoms with Crippen LogP contribution in [0.25, 0.3) is 0 Å². The summed E-state index contributed by atoms with van der Waals surface area (Å²) >= 11 is 6.15. The van der Waals surface area contributed by atoms with Gasteiger partial charge in [0.05, 0.1) is 5.02 Å². The normalized spacial score (nSPS) is 23.4. The van der Waals surface area contributed by atoms with E-state index in [4.69, 9.17) is 11.6 Å². The van der Waals surface area contributed by atoms with Gasteiger partial charge in [-0.1, -0.05) is 18.5 Å². The highest BCUT2D eigenvalue weighted by Crippen LogP contribution is 2.37. The molecule has 1 aromatic heterocycles. The maximum absolute atomic E-state index is 6.15. The quantitative estimate of drug-likeness (QED) is 0.786. The van der Waals surface area contributed by atoms with Gasteiger partial charge in [0.1, 0.15) is 0 Å². The van der Waals surface area contributed by atoms with Crippen LogP contribution in [0.5, 0.6) is 0 Å². The highest BCUT2D eigenvalue weighted by Gasteiger charge is 2.30. The van der Waals surface area contributed by atoms with E-state index in [0.29, 0.717) is 0 Å². The third-order valence-electron chi connectivity index (χ3n) is 3.75. The fourth-order valence-corrected chi connectivity index (χ4v) is 2.69. The van der Waals surface area contributed by atoms with Crippen LogP contribution in [0.1, 0.15) is 31.7 Å². The molecule has 1 aromatic rings. The van der Waals surface area contributed by atoms with Crippen molar-refractivity contribution in [1.29, 1.82) is 0 Å². The van der Waals surface area contributed by atoms with Crippen molar-refractivity contribution < 1.29 is 0 Å². The Morgan fingerprint density at radius 2 is 2.24 bits per heavy atom. The minimum absolute atomic E-state index is 0.805. The largest absolute Gasteiger partial charge is 0.316 e. The number of pyridine rings is 1. The summed E-state index contributed by atoms with van der Waals surface area (Å²) in [5, 5.41) is 4.34. The molecule has 2 unspecified atom stereocenters. The van der Waals surface area contributed by atoms with Gasteiger partial charge in [0, 0.05) is 12.4 Å². The van der Waals surface area contributed by atoms with E-state index in [1.165, 1.54) is 31.4 Å². The summed E-state index contributed by atoms with van der Waals surface area (Å²) in [7, 11) is 0. The number of halogens is 1. The summed E-state index contributed by atoms with van der Waals surface area (Å²) < 4.78 is 0. The first-order valence-corrected chi connectivity index (χ1v) is 6.98. The molecule has 1 heterocycles. The summed E-state index contributed by atoms with van der Waals surface area (Å²) in [5.74, 6) is 1.64. The van der Waals surface area contributed by atoms with Gasteiger partial charge in [0.2, 0.25) is 0 Å². The molecule has 17 heavy (non-hydrogen) atoms. The zero-order chi connectivity index (χ0) is 12.1. The van der Waals surface area contributed by atoms with Gasteiger partial charge in [-0.05, 0) is 62.2 Å². The van der Waals surface area contributed by atoms with Crippen LogP contribution >= 0.6 is 11.6 Å². The summed E-state index contributed by atoms with van der Waals surface area (Å²) in [4.78, 5) is 4.03. The predicted molar refractivity (Wildman–Crippen MR) is 72.3 cm³/mol. The first kappa shape index (κ1) is 12.8. The van der Waals surface area contributed by atoms with E-state index in [1.807, 2.05) is 6.20 Å². The van der Waals surface area contributed by atoms with E-state index in [-0.39, 0.29) is 0 Å². The van der Waals surface area contributed by atoms with E-state index in [0.717, 1.165) is 29.8 Å². The van der Waals surface area contributed by atoms with Crippen LogP contribution in [0.4, 0.5) is 0 Å². The molecule has 1 N–H and O–H groups in total. The van der Waals surface area contributed by atoms with E-state index in [1.54, 1.807) is 6.20 Å². The van der Waals surface area contributed by atoms with Gasteiger partial charge in [-0.15, -0.1) is 0 Å². The lowest BCUT2D eigenvalue weighted by molar-refractivity contribution is 0.171. The molecule has 0 aromatic carbocycles. The molecule has 2 atom stereocenters. The van der Waals surface area contributed by atoms with Gasteiger partial charge in [0.25, 0.3) is 0 Å². The van der Waals surface area contributed by atoms with Crippen molar-refractivity contribution >= 4 is 11.6 Å². The molecule has 3 heteroatoms. The third kappa shape index (κ3) is 3.43. The van der Waals surface area contributed by atoms with Gasteiger partial charge >= 0.3 is 0 Å². The van der Waals surface area contributed by atoms with E-state index >= 15 is 0 Å². The zero-order valence-corrected chi connectivity index (χ0v) is 11.2. The molecule has 0 bridgehead atoms. The SMILES string of the molecule is CCCNCC1CCC1Cc1ccncc1Cl. The Morgan fingerprint density at radius 1 is 1.41 bits per heavy atom. The van der Waals surface area contributed by atoms with Gasteiger partial charge < -0.3 is 5.32 Å². The second-order valence-electron chi connectivity index (χ2n) is 4.97. The molecule has 1 fully saturated rings.